The summed E-state index contributed by atoms with van der Waals surface area (Å²) < 4.78 is 11.2. The predicted octanol–water partition coefficient (Wildman–Crippen LogP) is 2.93. The number of ether oxygens (including phenoxy) is 2. The molecule has 0 aromatic heterocycles. The van der Waals surface area contributed by atoms with Gasteiger partial charge in [-0.1, -0.05) is 25.6 Å². The van der Waals surface area contributed by atoms with Crippen LogP contribution in [0, 0.1) is 0 Å². The number of rotatable bonds is 7. The van der Waals surface area contributed by atoms with Crippen molar-refractivity contribution >= 4 is 0 Å². The van der Waals surface area contributed by atoms with Gasteiger partial charge in [-0.15, -0.1) is 0 Å². The van der Waals surface area contributed by atoms with Gasteiger partial charge in [0.1, 0.15) is 6.61 Å². The van der Waals surface area contributed by atoms with Gasteiger partial charge >= 0.3 is 0 Å². The molecule has 3 nitrogen and oxygen atoms in total. The summed E-state index contributed by atoms with van der Waals surface area (Å²) in [6.07, 6.45) is 1.68. The minimum absolute atomic E-state index is 0.0915. The van der Waals surface area contributed by atoms with E-state index >= 15 is 0 Å². The Bertz CT molecular complexity index is 399. The van der Waals surface area contributed by atoms with E-state index in [4.69, 9.17) is 15.2 Å². The smallest absolute Gasteiger partial charge is 0.164 e. The van der Waals surface area contributed by atoms with Crippen molar-refractivity contribution in [3.8, 4) is 11.5 Å². The largest absolute Gasteiger partial charge is 0.493 e. The minimum atomic E-state index is 0.0915. The van der Waals surface area contributed by atoms with Crippen LogP contribution in [0.3, 0.4) is 0 Å². The Hall–Kier alpha value is -1.48. The van der Waals surface area contributed by atoms with E-state index in [0.717, 1.165) is 35.5 Å². The van der Waals surface area contributed by atoms with E-state index < -0.39 is 0 Å². The fourth-order valence-corrected chi connectivity index (χ4v) is 1.67. The highest BCUT2D eigenvalue weighted by Gasteiger charge is 2.12. The fraction of sp³-hybridized carbons (Fsp3) is 0.467. The zero-order valence-corrected chi connectivity index (χ0v) is 11.5. The maximum Gasteiger partial charge on any atom is 0.164 e. The molecule has 0 amide bonds. The summed E-state index contributed by atoms with van der Waals surface area (Å²) in [6.45, 7) is 8.51. The Morgan fingerprint density at radius 2 is 2.17 bits per heavy atom. The summed E-state index contributed by atoms with van der Waals surface area (Å²) in [4.78, 5) is 0. The van der Waals surface area contributed by atoms with Gasteiger partial charge in [-0.05, 0) is 37.0 Å². The molecule has 0 heterocycles. The molecule has 100 valence electrons. The lowest BCUT2D eigenvalue weighted by Gasteiger charge is -2.16. The fourth-order valence-electron chi connectivity index (χ4n) is 1.67. The third-order valence-electron chi connectivity index (χ3n) is 2.74. The van der Waals surface area contributed by atoms with E-state index in [2.05, 4.69) is 13.5 Å². The first-order valence-electron chi connectivity index (χ1n) is 6.29. The van der Waals surface area contributed by atoms with Crippen LogP contribution in [0.4, 0.5) is 0 Å². The number of hydrogen-bond acceptors (Lipinski definition) is 3. The second-order valence-electron chi connectivity index (χ2n) is 4.52. The van der Waals surface area contributed by atoms with Crippen LogP contribution in [0.25, 0.3) is 0 Å². The van der Waals surface area contributed by atoms with Gasteiger partial charge in [0.15, 0.2) is 11.5 Å². The van der Waals surface area contributed by atoms with Gasteiger partial charge in [0.05, 0.1) is 7.11 Å². The molecule has 0 saturated heterocycles. The van der Waals surface area contributed by atoms with Crippen LogP contribution >= 0.6 is 0 Å². The first kappa shape index (κ1) is 14.6. The molecule has 18 heavy (non-hydrogen) atoms. The first-order valence-corrected chi connectivity index (χ1v) is 6.29. The van der Waals surface area contributed by atoms with E-state index in [1.54, 1.807) is 7.11 Å². The van der Waals surface area contributed by atoms with Crippen LogP contribution < -0.4 is 15.2 Å². The standard InChI is InChI=1S/C15H23NO2/c1-5-11(2)10-18-15-13(9-12(3)16)7-6-8-14(15)17-4/h6-8,12H,2,5,9-10,16H2,1,3-4H3. The van der Waals surface area contributed by atoms with Crippen molar-refractivity contribution in [2.45, 2.75) is 32.7 Å². The van der Waals surface area contributed by atoms with Crippen molar-refractivity contribution in [3.63, 3.8) is 0 Å². The third kappa shape index (κ3) is 4.08. The lowest BCUT2D eigenvalue weighted by Crippen LogP contribution is -2.18. The molecular formula is C15H23NO2. The zero-order chi connectivity index (χ0) is 13.5. The molecule has 0 bridgehead atoms. The van der Waals surface area contributed by atoms with Crippen molar-refractivity contribution in [1.29, 1.82) is 0 Å². The summed E-state index contributed by atoms with van der Waals surface area (Å²) in [5, 5.41) is 0. The van der Waals surface area contributed by atoms with Crippen molar-refractivity contribution < 1.29 is 9.47 Å². The van der Waals surface area contributed by atoms with E-state index in [0.29, 0.717) is 6.61 Å². The number of para-hydroxylation sites is 1. The van der Waals surface area contributed by atoms with Crippen molar-refractivity contribution in [1.82, 2.24) is 0 Å². The summed E-state index contributed by atoms with van der Waals surface area (Å²) in [7, 11) is 1.65. The molecule has 1 aromatic rings. The van der Waals surface area contributed by atoms with Crippen LogP contribution in [0.2, 0.25) is 0 Å². The highest BCUT2D eigenvalue weighted by molar-refractivity contribution is 5.47. The molecule has 0 spiro atoms. The maximum absolute atomic E-state index is 5.85. The van der Waals surface area contributed by atoms with Crippen LogP contribution in [-0.4, -0.2) is 19.8 Å². The first-order chi connectivity index (χ1) is 8.58. The zero-order valence-electron chi connectivity index (χ0n) is 11.5. The average molecular weight is 249 g/mol. The third-order valence-corrected chi connectivity index (χ3v) is 2.74. The summed E-state index contributed by atoms with van der Waals surface area (Å²) >= 11 is 0. The Kier molecular flexibility index (Phi) is 5.72. The second-order valence-corrected chi connectivity index (χ2v) is 4.52. The molecule has 3 heteroatoms. The number of benzene rings is 1. The van der Waals surface area contributed by atoms with Gasteiger partial charge in [-0.25, -0.2) is 0 Å². The monoisotopic (exact) mass is 249 g/mol. The predicted molar refractivity (Wildman–Crippen MR) is 75.3 cm³/mol. The van der Waals surface area contributed by atoms with E-state index in [1.807, 2.05) is 25.1 Å². The summed E-state index contributed by atoms with van der Waals surface area (Å²) in [5.41, 5.74) is 7.99. The maximum atomic E-state index is 5.85. The number of hydrogen-bond donors (Lipinski definition) is 1. The SMILES string of the molecule is C=C(CC)COc1c(CC(C)N)cccc1OC. The molecule has 0 aliphatic heterocycles. The van der Waals surface area contributed by atoms with Crippen molar-refractivity contribution in [2.24, 2.45) is 5.73 Å². The lowest BCUT2D eigenvalue weighted by molar-refractivity contribution is 0.313. The van der Waals surface area contributed by atoms with Gasteiger partial charge in [0.25, 0.3) is 0 Å². The molecule has 0 saturated carbocycles. The molecule has 1 unspecified atom stereocenters. The van der Waals surface area contributed by atoms with Crippen molar-refractivity contribution in [2.75, 3.05) is 13.7 Å². The van der Waals surface area contributed by atoms with Gasteiger partial charge in [-0.3, -0.25) is 0 Å². The number of nitrogens with two attached hydrogens (primary N) is 1. The average Bonchev–Trinajstić information content (AvgIpc) is 2.35. The highest BCUT2D eigenvalue weighted by atomic mass is 16.5. The van der Waals surface area contributed by atoms with Gasteiger partial charge < -0.3 is 15.2 Å². The van der Waals surface area contributed by atoms with Crippen LogP contribution in [0.5, 0.6) is 11.5 Å². The molecule has 0 aliphatic rings. The van der Waals surface area contributed by atoms with E-state index in [-0.39, 0.29) is 6.04 Å². The van der Waals surface area contributed by atoms with Gasteiger partial charge in [0, 0.05) is 6.04 Å². The van der Waals surface area contributed by atoms with Crippen LogP contribution in [0.15, 0.2) is 30.4 Å². The molecular weight excluding hydrogens is 226 g/mol. The molecule has 0 aliphatic carbocycles. The quantitative estimate of drug-likeness (QED) is 0.756. The van der Waals surface area contributed by atoms with Crippen LogP contribution in [0.1, 0.15) is 25.8 Å². The van der Waals surface area contributed by atoms with Crippen molar-refractivity contribution in [3.05, 3.63) is 35.9 Å². The summed E-state index contributed by atoms with van der Waals surface area (Å²) in [5.74, 6) is 1.53. The molecule has 1 aromatic carbocycles. The van der Waals surface area contributed by atoms with Gasteiger partial charge in [-0.2, -0.15) is 0 Å². The second kappa shape index (κ2) is 7.07. The molecule has 2 N–H and O–H groups in total. The van der Waals surface area contributed by atoms with Crippen LogP contribution in [-0.2, 0) is 6.42 Å². The Morgan fingerprint density at radius 3 is 2.72 bits per heavy atom. The Balaban J connectivity index is 2.92. The summed E-state index contributed by atoms with van der Waals surface area (Å²) in [6, 6.07) is 5.97. The lowest BCUT2D eigenvalue weighted by atomic mass is 10.1. The Labute approximate surface area is 110 Å². The molecule has 1 atom stereocenters. The normalized spacial score (nSPS) is 12.0. The molecule has 0 fully saturated rings. The van der Waals surface area contributed by atoms with E-state index in [9.17, 15) is 0 Å². The molecule has 1 rings (SSSR count). The van der Waals surface area contributed by atoms with Gasteiger partial charge in [0.2, 0.25) is 0 Å². The molecule has 0 radical (unpaired) electrons. The highest BCUT2D eigenvalue weighted by Crippen LogP contribution is 2.32. The minimum Gasteiger partial charge on any atom is -0.493 e. The Morgan fingerprint density at radius 1 is 1.44 bits per heavy atom. The topological polar surface area (TPSA) is 44.5 Å². The number of methoxy groups -OCH3 is 1. The van der Waals surface area contributed by atoms with E-state index in [1.165, 1.54) is 0 Å².